The lowest BCUT2D eigenvalue weighted by atomic mass is 9.95. The highest BCUT2D eigenvalue weighted by Gasteiger charge is 2.20. The van der Waals surface area contributed by atoms with Crippen LogP contribution in [0, 0.1) is 0 Å². The predicted molar refractivity (Wildman–Crippen MR) is 186 cm³/mol. The van der Waals surface area contributed by atoms with Crippen molar-refractivity contribution in [3.63, 3.8) is 0 Å². The maximum absolute atomic E-state index is 6.22. The van der Waals surface area contributed by atoms with Crippen molar-refractivity contribution < 1.29 is 4.42 Å². The Morgan fingerprint density at radius 3 is 1.80 bits per heavy atom. The van der Waals surface area contributed by atoms with E-state index in [1.165, 1.54) is 43.4 Å². The zero-order chi connectivity index (χ0) is 29.0. The van der Waals surface area contributed by atoms with Crippen LogP contribution in [-0.4, -0.2) is 0 Å². The van der Waals surface area contributed by atoms with Gasteiger partial charge in [0.1, 0.15) is 11.2 Å². The van der Waals surface area contributed by atoms with Gasteiger partial charge in [-0.25, -0.2) is 0 Å². The summed E-state index contributed by atoms with van der Waals surface area (Å²) in [6.07, 6.45) is 0. The van der Waals surface area contributed by atoms with Crippen LogP contribution in [0.4, 0.5) is 17.1 Å². The Morgan fingerprint density at radius 1 is 0.341 bits per heavy atom. The summed E-state index contributed by atoms with van der Waals surface area (Å²) in [4.78, 5) is 2.40. The number of anilines is 3. The van der Waals surface area contributed by atoms with Crippen molar-refractivity contribution in [3.8, 4) is 11.1 Å². The van der Waals surface area contributed by atoms with Gasteiger partial charge in [-0.15, -0.1) is 0 Å². The molecule has 0 aliphatic carbocycles. The standard InChI is InChI=1S/C42H27NO/c1-2-10-28(11-3-1)29-18-21-31(22-19-29)43(32-23-25-42-39(26-32)37-16-8-9-17-41(37)44-42)40-27-38-33-13-5-4-12-30(33)20-24-35(38)34-14-6-7-15-36(34)40/h1-27H. The van der Waals surface area contributed by atoms with Crippen LogP contribution in [-0.2, 0) is 0 Å². The third-order valence-electron chi connectivity index (χ3n) is 8.84. The van der Waals surface area contributed by atoms with Gasteiger partial charge in [0.15, 0.2) is 0 Å². The SMILES string of the molecule is c1ccc(-c2ccc(N(c3ccc4oc5ccccc5c4c3)c3cc4c5ccccc5ccc4c4ccccc34)cc2)cc1. The fraction of sp³-hybridized carbons (Fsp3) is 0. The molecule has 0 saturated carbocycles. The second kappa shape index (κ2) is 9.86. The van der Waals surface area contributed by atoms with Gasteiger partial charge in [0.2, 0.25) is 0 Å². The van der Waals surface area contributed by atoms with Gasteiger partial charge in [-0.2, -0.15) is 0 Å². The highest BCUT2D eigenvalue weighted by Crippen LogP contribution is 2.45. The number of furan rings is 1. The molecule has 0 aliphatic heterocycles. The van der Waals surface area contributed by atoms with Crippen molar-refractivity contribution in [2.75, 3.05) is 4.90 Å². The summed E-state index contributed by atoms with van der Waals surface area (Å²) in [6.45, 7) is 0. The van der Waals surface area contributed by atoms with E-state index in [-0.39, 0.29) is 0 Å². The first-order chi connectivity index (χ1) is 21.8. The van der Waals surface area contributed by atoms with Gasteiger partial charge >= 0.3 is 0 Å². The third kappa shape index (κ3) is 3.89. The zero-order valence-electron chi connectivity index (χ0n) is 23.9. The molecule has 0 aliphatic rings. The molecule has 0 spiro atoms. The molecule has 0 atom stereocenters. The molecule has 206 valence electrons. The van der Waals surface area contributed by atoms with Crippen LogP contribution in [0.5, 0.6) is 0 Å². The van der Waals surface area contributed by atoms with Crippen LogP contribution >= 0.6 is 0 Å². The smallest absolute Gasteiger partial charge is 0.135 e. The van der Waals surface area contributed by atoms with E-state index >= 15 is 0 Å². The van der Waals surface area contributed by atoms with Gasteiger partial charge in [-0.3, -0.25) is 0 Å². The molecule has 2 heteroatoms. The molecular formula is C42H27NO. The fourth-order valence-corrected chi connectivity index (χ4v) is 6.74. The molecule has 0 unspecified atom stereocenters. The molecule has 0 fully saturated rings. The Labute approximate surface area is 255 Å². The molecule has 2 nitrogen and oxygen atoms in total. The van der Waals surface area contributed by atoms with Gasteiger partial charge in [-0.05, 0) is 80.5 Å². The fourth-order valence-electron chi connectivity index (χ4n) is 6.74. The Kier molecular flexibility index (Phi) is 5.54. The Morgan fingerprint density at radius 2 is 0.955 bits per heavy atom. The molecule has 0 N–H and O–H groups in total. The van der Waals surface area contributed by atoms with Crippen molar-refractivity contribution in [2.24, 2.45) is 0 Å². The third-order valence-corrected chi connectivity index (χ3v) is 8.84. The number of benzene rings is 8. The lowest BCUT2D eigenvalue weighted by molar-refractivity contribution is 0.669. The lowest BCUT2D eigenvalue weighted by Crippen LogP contribution is -2.10. The normalized spacial score (nSPS) is 11.6. The highest BCUT2D eigenvalue weighted by molar-refractivity contribution is 6.21. The first-order valence-corrected chi connectivity index (χ1v) is 15.0. The zero-order valence-corrected chi connectivity index (χ0v) is 23.9. The summed E-state index contributed by atoms with van der Waals surface area (Å²) in [7, 11) is 0. The Hall–Kier alpha value is -5.86. The predicted octanol–water partition coefficient (Wildman–Crippen LogP) is 12.2. The van der Waals surface area contributed by atoms with Crippen molar-refractivity contribution in [2.45, 2.75) is 0 Å². The van der Waals surface area contributed by atoms with Gasteiger partial charge in [0.25, 0.3) is 0 Å². The Balaban J connectivity index is 1.34. The van der Waals surface area contributed by atoms with E-state index in [0.29, 0.717) is 0 Å². The summed E-state index contributed by atoms with van der Waals surface area (Å²) in [5.41, 5.74) is 7.52. The number of fused-ring (bicyclic) bond motifs is 8. The minimum absolute atomic E-state index is 0.892. The van der Waals surface area contributed by atoms with Crippen LogP contribution in [0.1, 0.15) is 0 Å². The maximum Gasteiger partial charge on any atom is 0.135 e. The number of rotatable bonds is 4. The van der Waals surface area contributed by atoms with E-state index in [4.69, 9.17) is 4.42 Å². The summed E-state index contributed by atoms with van der Waals surface area (Å²) in [6, 6.07) is 58.7. The summed E-state index contributed by atoms with van der Waals surface area (Å²) in [5, 5.41) is 9.69. The van der Waals surface area contributed by atoms with E-state index < -0.39 is 0 Å². The molecule has 0 amide bonds. The minimum atomic E-state index is 0.892. The second-order valence-electron chi connectivity index (χ2n) is 11.4. The van der Waals surface area contributed by atoms with Crippen molar-refractivity contribution >= 4 is 71.3 Å². The van der Waals surface area contributed by atoms with E-state index in [0.717, 1.165) is 39.0 Å². The van der Waals surface area contributed by atoms with Crippen LogP contribution in [0.3, 0.4) is 0 Å². The molecule has 1 aromatic heterocycles. The molecule has 9 rings (SSSR count). The Bertz CT molecular complexity index is 2490. The number of nitrogens with zero attached hydrogens (tertiary/aromatic N) is 1. The van der Waals surface area contributed by atoms with E-state index in [9.17, 15) is 0 Å². The number of hydrogen-bond acceptors (Lipinski definition) is 2. The van der Waals surface area contributed by atoms with E-state index in [1.807, 2.05) is 12.1 Å². The van der Waals surface area contributed by atoms with Gasteiger partial charge < -0.3 is 9.32 Å². The minimum Gasteiger partial charge on any atom is -0.456 e. The topological polar surface area (TPSA) is 16.4 Å². The average Bonchev–Trinajstić information content (AvgIpc) is 3.47. The quantitative estimate of drug-likeness (QED) is 0.199. The first kappa shape index (κ1) is 24.7. The molecule has 8 aromatic carbocycles. The average molecular weight is 562 g/mol. The summed E-state index contributed by atoms with van der Waals surface area (Å²) < 4.78 is 6.22. The van der Waals surface area contributed by atoms with Crippen molar-refractivity contribution in [1.82, 2.24) is 0 Å². The first-order valence-electron chi connectivity index (χ1n) is 15.0. The van der Waals surface area contributed by atoms with E-state index in [2.05, 4.69) is 157 Å². The van der Waals surface area contributed by atoms with Gasteiger partial charge in [-0.1, -0.05) is 121 Å². The number of para-hydroxylation sites is 1. The second-order valence-corrected chi connectivity index (χ2v) is 11.4. The monoisotopic (exact) mass is 561 g/mol. The van der Waals surface area contributed by atoms with Crippen molar-refractivity contribution in [3.05, 3.63) is 164 Å². The van der Waals surface area contributed by atoms with Crippen LogP contribution in [0.15, 0.2) is 168 Å². The summed E-state index contributed by atoms with van der Waals surface area (Å²) >= 11 is 0. The van der Waals surface area contributed by atoms with Crippen molar-refractivity contribution in [1.29, 1.82) is 0 Å². The molecule has 44 heavy (non-hydrogen) atoms. The molecular weight excluding hydrogens is 534 g/mol. The highest BCUT2D eigenvalue weighted by atomic mass is 16.3. The van der Waals surface area contributed by atoms with E-state index in [1.54, 1.807) is 0 Å². The largest absolute Gasteiger partial charge is 0.456 e. The van der Waals surface area contributed by atoms with Crippen LogP contribution in [0.25, 0.3) is 65.4 Å². The molecule has 0 bridgehead atoms. The molecule has 9 aromatic rings. The van der Waals surface area contributed by atoms with Crippen LogP contribution in [0.2, 0.25) is 0 Å². The molecule has 1 heterocycles. The van der Waals surface area contributed by atoms with Crippen LogP contribution < -0.4 is 4.90 Å². The van der Waals surface area contributed by atoms with Gasteiger partial charge in [0, 0.05) is 27.5 Å². The molecule has 0 saturated heterocycles. The molecule has 0 radical (unpaired) electrons. The number of hydrogen-bond donors (Lipinski definition) is 0. The van der Waals surface area contributed by atoms with Gasteiger partial charge in [0.05, 0.1) is 5.69 Å². The maximum atomic E-state index is 6.22. The lowest BCUT2D eigenvalue weighted by Gasteiger charge is -2.28. The summed E-state index contributed by atoms with van der Waals surface area (Å²) in [5.74, 6) is 0.